The van der Waals surface area contributed by atoms with E-state index < -0.39 is 5.41 Å². The zero-order chi connectivity index (χ0) is 37.8. The minimum Gasteiger partial charge on any atom is -0.289 e. The molecular weight excluding hydrogens is 705 g/mol. The standard InChI is InChI=1S/C46H26N4O2S2/c1-45(2)33-19-30-34(18-29(33)43-35(45)17-24(54-43)16-32-39(37(21-48)50-6)26-12-8-10-14-28(26)42(32)52)46(3,4)40-23(22-53-44(30)40)15-31-38(36(20-47)49-5)25-11-7-9-13-27(25)41(31)51/h7-19,22H,1-4H3/b31-15-,32-16+,38-36+,39-37-. The number of hydrogen-bond donors (Lipinski definition) is 0. The van der Waals surface area contributed by atoms with Gasteiger partial charge in [-0.1, -0.05) is 76.2 Å². The van der Waals surface area contributed by atoms with E-state index in [4.69, 9.17) is 13.1 Å². The van der Waals surface area contributed by atoms with E-state index in [0.29, 0.717) is 44.5 Å². The lowest BCUT2D eigenvalue weighted by atomic mass is 9.78. The van der Waals surface area contributed by atoms with E-state index in [9.17, 15) is 20.1 Å². The molecule has 5 aromatic rings. The summed E-state index contributed by atoms with van der Waals surface area (Å²) in [7, 11) is 0. The molecule has 0 bridgehead atoms. The molecule has 0 atom stereocenters. The highest BCUT2D eigenvalue weighted by Gasteiger charge is 2.45. The number of allylic oxidation sites excluding steroid dienone is 6. The quantitative estimate of drug-likeness (QED) is 0.103. The Bertz CT molecular complexity index is 2930. The van der Waals surface area contributed by atoms with Gasteiger partial charge < -0.3 is 0 Å². The summed E-state index contributed by atoms with van der Waals surface area (Å²) in [6, 6.07) is 25.1. The van der Waals surface area contributed by atoms with Crippen LogP contribution in [0, 0.1) is 35.8 Å². The predicted molar refractivity (Wildman–Crippen MR) is 213 cm³/mol. The van der Waals surface area contributed by atoms with Gasteiger partial charge in [0.25, 0.3) is 11.4 Å². The number of hydrogen-bond acceptors (Lipinski definition) is 6. The number of rotatable bonds is 2. The van der Waals surface area contributed by atoms with E-state index in [0.717, 1.165) is 36.9 Å². The number of carbonyl (C=O) groups is 2. The van der Waals surface area contributed by atoms with Crippen LogP contribution in [0.1, 0.15) is 92.2 Å². The molecule has 0 fully saturated rings. The van der Waals surface area contributed by atoms with Gasteiger partial charge in [0.05, 0.1) is 25.3 Å². The summed E-state index contributed by atoms with van der Waals surface area (Å²) < 4.78 is 0. The van der Waals surface area contributed by atoms with Crippen LogP contribution < -0.4 is 0 Å². The van der Waals surface area contributed by atoms with Gasteiger partial charge in [0.2, 0.25) is 0 Å². The van der Waals surface area contributed by atoms with Gasteiger partial charge in [-0.25, -0.2) is 20.2 Å². The van der Waals surface area contributed by atoms with Gasteiger partial charge in [-0.2, -0.15) is 0 Å². The highest BCUT2D eigenvalue weighted by atomic mass is 32.1. The molecule has 0 radical (unpaired) electrons. The van der Waals surface area contributed by atoms with Crippen LogP contribution in [-0.4, -0.2) is 11.6 Å². The summed E-state index contributed by atoms with van der Waals surface area (Å²) >= 11 is 3.25. The first kappa shape index (κ1) is 33.2. The topological polar surface area (TPSA) is 90.4 Å². The third-order valence-electron chi connectivity index (χ3n) is 11.3. The van der Waals surface area contributed by atoms with Gasteiger partial charge in [0.15, 0.2) is 11.6 Å². The monoisotopic (exact) mass is 730 g/mol. The molecule has 3 aromatic carbocycles. The Balaban J connectivity index is 1.16. The molecule has 0 saturated heterocycles. The second-order valence-electron chi connectivity index (χ2n) is 14.7. The maximum Gasteiger partial charge on any atom is 0.270 e. The van der Waals surface area contributed by atoms with Crippen LogP contribution in [0.4, 0.5) is 0 Å². The summed E-state index contributed by atoms with van der Waals surface area (Å²) in [5, 5.41) is 21.8. The Hall–Kier alpha value is -6.68. The molecule has 0 amide bonds. The molecule has 2 aromatic heterocycles. The summed E-state index contributed by atoms with van der Waals surface area (Å²) in [6.07, 6.45) is 3.71. The number of fused-ring (bicyclic) bond motifs is 8. The molecule has 4 aliphatic carbocycles. The molecule has 0 spiro atoms. The minimum absolute atomic E-state index is 0.0967. The molecular formula is C46H26N4O2S2. The second kappa shape index (κ2) is 11.4. The summed E-state index contributed by atoms with van der Waals surface area (Å²) in [4.78, 5) is 37.6. The van der Waals surface area contributed by atoms with Gasteiger partial charge in [-0.15, -0.1) is 22.7 Å². The van der Waals surface area contributed by atoms with E-state index in [-0.39, 0.29) is 28.4 Å². The highest BCUT2D eigenvalue weighted by Crippen LogP contribution is 2.60. The van der Waals surface area contributed by atoms with Crippen LogP contribution in [-0.2, 0) is 10.8 Å². The van der Waals surface area contributed by atoms with Gasteiger partial charge >= 0.3 is 0 Å². The maximum atomic E-state index is 13.8. The number of nitriles is 2. The van der Waals surface area contributed by atoms with Crippen LogP contribution in [0.3, 0.4) is 0 Å². The first-order valence-corrected chi connectivity index (χ1v) is 18.9. The van der Waals surface area contributed by atoms with Gasteiger partial charge in [-0.05, 0) is 85.8 Å². The van der Waals surface area contributed by atoms with Crippen molar-refractivity contribution < 1.29 is 9.59 Å². The van der Waals surface area contributed by atoms with Crippen molar-refractivity contribution in [3.8, 4) is 33.0 Å². The first-order valence-electron chi connectivity index (χ1n) is 17.2. The molecule has 54 heavy (non-hydrogen) atoms. The fraction of sp³-hybridized carbons (Fsp3) is 0.130. The fourth-order valence-electron chi connectivity index (χ4n) is 8.72. The van der Waals surface area contributed by atoms with E-state index in [1.54, 1.807) is 59.1 Å². The Kier molecular flexibility index (Phi) is 7.01. The molecule has 0 N–H and O–H groups in total. The molecule has 9 rings (SSSR count). The number of thiophene rings is 2. The minimum atomic E-state index is -0.424. The molecule has 0 saturated carbocycles. The fourth-order valence-corrected chi connectivity index (χ4v) is 11.2. The van der Waals surface area contributed by atoms with Crippen molar-refractivity contribution in [2.45, 2.75) is 38.5 Å². The normalized spacial score (nSPS) is 19.6. The lowest BCUT2D eigenvalue weighted by Crippen LogP contribution is -2.17. The second-order valence-corrected chi connectivity index (χ2v) is 16.7. The van der Waals surface area contributed by atoms with Gasteiger partial charge in [-0.3, -0.25) is 9.59 Å². The highest BCUT2D eigenvalue weighted by molar-refractivity contribution is 7.16. The summed E-state index contributed by atoms with van der Waals surface area (Å²) in [5.41, 5.74) is 10.7. The number of ketones is 2. The lowest BCUT2D eigenvalue weighted by Gasteiger charge is -2.25. The Morgan fingerprint density at radius 3 is 1.70 bits per heavy atom. The van der Waals surface area contributed by atoms with Crippen molar-refractivity contribution in [3.05, 3.63) is 172 Å². The first-order chi connectivity index (χ1) is 26.0. The maximum absolute atomic E-state index is 13.8. The molecule has 0 aliphatic heterocycles. The van der Waals surface area contributed by atoms with Crippen molar-refractivity contribution in [2.24, 2.45) is 0 Å². The molecule has 254 valence electrons. The zero-order valence-corrected chi connectivity index (χ0v) is 31.1. The average molecular weight is 731 g/mol. The van der Waals surface area contributed by atoms with Crippen LogP contribution in [0.2, 0.25) is 0 Å². The average Bonchev–Trinajstić information content (AvgIpc) is 3.99. The SMILES string of the molecule is [C-]#[N+]/C(C#N)=C1\C(=C/c2cc3c(s2)-c2cc4c(cc2C3(C)C)-c2scc(/C=C3\C(=O)c5ccccc5\C3=C(\C#N)[N+]#[C-])c2C4(C)C)C(=O)c2ccccc21. The van der Waals surface area contributed by atoms with Crippen LogP contribution in [0.5, 0.6) is 0 Å². The van der Waals surface area contributed by atoms with Crippen molar-refractivity contribution in [3.63, 3.8) is 0 Å². The lowest BCUT2D eigenvalue weighted by molar-refractivity contribution is 0.103. The van der Waals surface area contributed by atoms with Crippen molar-refractivity contribution in [1.29, 1.82) is 10.5 Å². The number of carbonyl (C=O) groups excluding carboxylic acids is 2. The van der Waals surface area contributed by atoms with Crippen LogP contribution in [0.15, 0.2) is 94.7 Å². The Morgan fingerprint density at radius 2 is 1.17 bits per heavy atom. The molecule has 6 nitrogen and oxygen atoms in total. The molecule has 2 heterocycles. The van der Waals surface area contributed by atoms with E-state index >= 15 is 0 Å². The number of Topliss-reactive ketones (excluding diaryl/α,β-unsaturated/α-hetero) is 2. The van der Waals surface area contributed by atoms with E-state index in [1.807, 2.05) is 36.4 Å². The summed E-state index contributed by atoms with van der Waals surface area (Å²) in [5.74, 6) is -0.379. The zero-order valence-electron chi connectivity index (χ0n) is 29.5. The number of benzene rings is 3. The van der Waals surface area contributed by atoms with Crippen LogP contribution in [0.25, 0.3) is 53.9 Å². The largest absolute Gasteiger partial charge is 0.289 e. The summed E-state index contributed by atoms with van der Waals surface area (Å²) in [6.45, 7) is 24.2. The predicted octanol–water partition coefficient (Wildman–Crippen LogP) is 11.3. The third kappa shape index (κ3) is 4.27. The number of nitrogens with zero attached hydrogens (tertiary/aromatic N) is 4. The third-order valence-corrected chi connectivity index (χ3v) is 13.4. The molecule has 8 heteroatoms. The van der Waals surface area contributed by atoms with E-state index in [2.05, 4.69) is 61.0 Å². The van der Waals surface area contributed by atoms with Crippen molar-refractivity contribution in [2.75, 3.05) is 0 Å². The van der Waals surface area contributed by atoms with Gasteiger partial charge in [0, 0.05) is 58.9 Å². The smallest absolute Gasteiger partial charge is 0.270 e. The van der Waals surface area contributed by atoms with E-state index in [1.165, 1.54) is 16.7 Å². The Morgan fingerprint density at radius 1 is 0.667 bits per heavy atom. The Labute approximate surface area is 320 Å². The molecule has 0 unspecified atom stereocenters. The van der Waals surface area contributed by atoms with Crippen molar-refractivity contribution in [1.82, 2.24) is 0 Å². The van der Waals surface area contributed by atoms with Crippen molar-refractivity contribution >= 4 is 57.5 Å². The van der Waals surface area contributed by atoms with Crippen LogP contribution >= 0.6 is 22.7 Å². The van der Waals surface area contributed by atoms with Gasteiger partial charge in [0.1, 0.15) is 0 Å². The molecule has 4 aliphatic rings.